The van der Waals surface area contributed by atoms with Crippen molar-refractivity contribution in [3.8, 4) is 0 Å². The van der Waals surface area contributed by atoms with Crippen LogP contribution >= 0.6 is 23.4 Å². The highest BCUT2D eigenvalue weighted by atomic mass is 35.5. The molecule has 0 bridgehead atoms. The first-order valence-corrected chi connectivity index (χ1v) is 5.63. The number of alkyl halides is 3. The molecule has 0 aliphatic carbocycles. The Morgan fingerprint density at radius 1 is 1.38 bits per heavy atom. The molecule has 0 aliphatic heterocycles. The minimum atomic E-state index is -4.58. The van der Waals surface area contributed by atoms with Crippen LogP contribution in [0.4, 0.5) is 18.9 Å². The van der Waals surface area contributed by atoms with Crippen LogP contribution in [-0.4, -0.2) is 18.7 Å². The highest BCUT2D eigenvalue weighted by molar-refractivity contribution is 7.99. The molecule has 1 aromatic rings. The van der Waals surface area contributed by atoms with E-state index in [-0.39, 0.29) is 5.75 Å². The number of hydrogen-bond acceptors (Lipinski definition) is 3. The van der Waals surface area contributed by atoms with E-state index in [0.717, 1.165) is 0 Å². The molecule has 0 spiro atoms. The molecule has 0 saturated heterocycles. The minimum absolute atomic E-state index is 0.172. The molecule has 0 heterocycles. The molecule has 0 aliphatic rings. The number of halogens is 4. The number of nitrogen functional groups attached to an aromatic ring is 1. The summed E-state index contributed by atoms with van der Waals surface area (Å²) in [4.78, 5) is 0.690. The Balaban J connectivity index is 2.38. The van der Waals surface area contributed by atoms with Gasteiger partial charge in [-0.25, -0.2) is 0 Å². The summed E-state index contributed by atoms with van der Waals surface area (Å²) in [5.74, 6) is 0.172. The van der Waals surface area contributed by atoms with Crippen molar-refractivity contribution in [1.29, 1.82) is 0 Å². The number of rotatable bonds is 4. The molecule has 90 valence electrons. The quantitative estimate of drug-likeness (QED) is 0.517. The second-order valence-electron chi connectivity index (χ2n) is 2.82. The van der Waals surface area contributed by atoms with Gasteiger partial charge in [0.25, 0.3) is 0 Å². The molecule has 0 atom stereocenters. The maximum absolute atomic E-state index is 11.6. The number of nitrogens with two attached hydrogens (primary N) is 1. The van der Waals surface area contributed by atoms with Crippen LogP contribution in [0.5, 0.6) is 0 Å². The van der Waals surface area contributed by atoms with Crippen molar-refractivity contribution < 1.29 is 17.9 Å². The average Bonchev–Trinajstić information content (AvgIpc) is 2.13. The van der Waals surface area contributed by atoms with Gasteiger partial charge in [-0.3, -0.25) is 4.74 Å². The zero-order chi connectivity index (χ0) is 12.2. The third-order valence-corrected chi connectivity index (χ3v) is 2.87. The number of anilines is 1. The van der Waals surface area contributed by atoms with E-state index in [1.807, 2.05) is 0 Å². The SMILES string of the molecule is Nc1cc(Cl)ccc1SCCOC(F)(F)F. The summed E-state index contributed by atoms with van der Waals surface area (Å²) in [6, 6.07) is 4.84. The molecule has 0 unspecified atom stereocenters. The fourth-order valence-electron chi connectivity index (χ4n) is 0.960. The van der Waals surface area contributed by atoms with E-state index < -0.39 is 13.0 Å². The van der Waals surface area contributed by atoms with Crippen LogP contribution in [0.1, 0.15) is 0 Å². The monoisotopic (exact) mass is 271 g/mol. The van der Waals surface area contributed by atoms with Gasteiger partial charge in [-0.05, 0) is 18.2 Å². The highest BCUT2D eigenvalue weighted by Gasteiger charge is 2.28. The van der Waals surface area contributed by atoms with E-state index in [0.29, 0.717) is 15.6 Å². The van der Waals surface area contributed by atoms with Crippen molar-refractivity contribution in [3.05, 3.63) is 23.2 Å². The van der Waals surface area contributed by atoms with Crippen molar-refractivity contribution in [2.45, 2.75) is 11.3 Å². The minimum Gasteiger partial charge on any atom is -0.398 e. The van der Waals surface area contributed by atoms with Gasteiger partial charge in [0.05, 0.1) is 6.61 Å². The van der Waals surface area contributed by atoms with E-state index in [1.165, 1.54) is 11.8 Å². The number of hydrogen-bond donors (Lipinski definition) is 1. The van der Waals surface area contributed by atoms with Gasteiger partial charge in [0.2, 0.25) is 0 Å². The smallest absolute Gasteiger partial charge is 0.398 e. The first kappa shape index (κ1) is 13.5. The molecule has 0 saturated carbocycles. The molecule has 0 radical (unpaired) electrons. The van der Waals surface area contributed by atoms with Crippen LogP contribution in [0.3, 0.4) is 0 Å². The predicted octanol–water partition coefficient (Wildman–Crippen LogP) is 3.55. The third kappa shape index (κ3) is 4.96. The van der Waals surface area contributed by atoms with Gasteiger partial charge in [0, 0.05) is 21.4 Å². The lowest BCUT2D eigenvalue weighted by molar-refractivity contribution is -0.322. The normalized spacial score (nSPS) is 11.8. The molecule has 1 rings (SSSR count). The maximum atomic E-state index is 11.6. The zero-order valence-electron chi connectivity index (χ0n) is 8.05. The van der Waals surface area contributed by atoms with Crippen LogP contribution in [0, 0.1) is 0 Å². The standard InChI is InChI=1S/C9H9ClF3NOS/c10-6-1-2-8(7(14)5-6)16-4-3-15-9(11,12)13/h1-2,5H,3-4,14H2. The second kappa shape index (κ2) is 5.65. The fourth-order valence-corrected chi connectivity index (χ4v) is 1.92. The summed E-state index contributed by atoms with van der Waals surface area (Å²) in [5.41, 5.74) is 6.07. The molecule has 2 nitrogen and oxygen atoms in total. The summed E-state index contributed by atoms with van der Waals surface area (Å²) >= 11 is 6.86. The fraction of sp³-hybridized carbons (Fsp3) is 0.333. The Labute approximate surface area is 99.9 Å². The summed E-state index contributed by atoms with van der Waals surface area (Å²) in [5, 5.41) is 0.494. The van der Waals surface area contributed by atoms with E-state index in [2.05, 4.69) is 4.74 Å². The van der Waals surface area contributed by atoms with Gasteiger partial charge in [-0.1, -0.05) is 11.6 Å². The van der Waals surface area contributed by atoms with Gasteiger partial charge >= 0.3 is 6.36 Å². The van der Waals surface area contributed by atoms with Crippen LogP contribution in [0.15, 0.2) is 23.1 Å². The van der Waals surface area contributed by atoms with Crippen molar-refractivity contribution >= 4 is 29.1 Å². The average molecular weight is 272 g/mol. The molecule has 0 fully saturated rings. The first-order chi connectivity index (χ1) is 7.38. The summed E-state index contributed by atoms with van der Waals surface area (Å²) < 4.78 is 38.5. The molecule has 7 heteroatoms. The topological polar surface area (TPSA) is 35.2 Å². The molecule has 1 aromatic carbocycles. The Kier molecular flexibility index (Phi) is 4.76. The van der Waals surface area contributed by atoms with Gasteiger partial charge in [-0.15, -0.1) is 24.9 Å². The van der Waals surface area contributed by atoms with Crippen LogP contribution in [0.2, 0.25) is 5.02 Å². The highest BCUT2D eigenvalue weighted by Crippen LogP contribution is 2.28. The van der Waals surface area contributed by atoms with Crippen LogP contribution in [-0.2, 0) is 4.74 Å². The van der Waals surface area contributed by atoms with E-state index in [1.54, 1.807) is 18.2 Å². The Hall–Kier alpha value is -0.590. The second-order valence-corrected chi connectivity index (χ2v) is 4.40. The number of benzene rings is 1. The summed E-state index contributed by atoms with van der Waals surface area (Å²) in [6.45, 7) is -0.407. The van der Waals surface area contributed by atoms with Crippen molar-refractivity contribution in [1.82, 2.24) is 0 Å². The van der Waals surface area contributed by atoms with Crippen LogP contribution in [0.25, 0.3) is 0 Å². The molecule has 16 heavy (non-hydrogen) atoms. The molecule has 0 aromatic heterocycles. The first-order valence-electron chi connectivity index (χ1n) is 4.27. The third-order valence-electron chi connectivity index (χ3n) is 1.58. The lowest BCUT2D eigenvalue weighted by Gasteiger charge is -2.08. The van der Waals surface area contributed by atoms with Crippen LogP contribution < -0.4 is 5.73 Å². The van der Waals surface area contributed by atoms with Gasteiger partial charge in [0.1, 0.15) is 0 Å². The zero-order valence-corrected chi connectivity index (χ0v) is 9.62. The van der Waals surface area contributed by atoms with E-state index >= 15 is 0 Å². The Morgan fingerprint density at radius 3 is 2.62 bits per heavy atom. The van der Waals surface area contributed by atoms with E-state index in [4.69, 9.17) is 17.3 Å². The lowest BCUT2D eigenvalue weighted by atomic mass is 10.3. The molecule has 0 amide bonds. The molecular formula is C9H9ClF3NOS. The van der Waals surface area contributed by atoms with Crippen molar-refractivity contribution in [3.63, 3.8) is 0 Å². The van der Waals surface area contributed by atoms with Crippen molar-refractivity contribution in [2.24, 2.45) is 0 Å². The number of thioether (sulfide) groups is 1. The molecule has 2 N–H and O–H groups in total. The predicted molar refractivity (Wildman–Crippen MR) is 58.6 cm³/mol. The number of ether oxygens (including phenoxy) is 1. The lowest BCUT2D eigenvalue weighted by Crippen LogP contribution is -2.15. The van der Waals surface area contributed by atoms with Gasteiger partial charge in [0.15, 0.2) is 0 Å². The van der Waals surface area contributed by atoms with Gasteiger partial charge in [-0.2, -0.15) is 0 Å². The Bertz CT molecular complexity index is 359. The Morgan fingerprint density at radius 2 is 2.06 bits per heavy atom. The van der Waals surface area contributed by atoms with Gasteiger partial charge < -0.3 is 5.73 Å². The van der Waals surface area contributed by atoms with Crippen molar-refractivity contribution in [2.75, 3.05) is 18.1 Å². The molecular weight excluding hydrogens is 263 g/mol. The summed E-state index contributed by atoms with van der Waals surface area (Å²) in [6.07, 6.45) is -4.58. The largest absolute Gasteiger partial charge is 0.522 e. The maximum Gasteiger partial charge on any atom is 0.522 e. The summed E-state index contributed by atoms with van der Waals surface area (Å²) in [7, 11) is 0. The van der Waals surface area contributed by atoms with E-state index in [9.17, 15) is 13.2 Å².